The molecule has 4 aromatic carbocycles. The van der Waals surface area contributed by atoms with Crippen molar-refractivity contribution in [2.75, 3.05) is 18.0 Å². The molecule has 0 bridgehead atoms. The van der Waals surface area contributed by atoms with Gasteiger partial charge in [0.15, 0.2) is 0 Å². The Morgan fingerprint density at radius 3 is 2.13 bits per heavy atom. The van der Waals surface area contributed by atoms with Crippen LogP contribution in [0.1, 0.15) is 25.0 Å². The summed E-state index contributed by atoms with van der Waals surface area (Å²) in [5.41, 5.74) is 1.73. The lowest BCUT2D eigenvalue weighted by molar-refractivity contribution is -0.140. The van der Waals surface area contributed by atoms with Crippen LogP contribution < -0.4 is 14.4 Å². The number of rotatable bonds is 13. The summed E-state index contributed by atoms with van der Waals surface area (Å²) in [5.74, 6) is -0.368. The van der Waals surface area contributed by atoms with Crippen LogP contribution in [-0.2, 0) is 32.6 Å². The van der Waals surface area contributed by atoms with Crippen LogP contribution in [0.5, 0.6) is 5.75 Å². The molecule has 0 aromatic heterocycles. The number of anilines is 1. The van der Waals surface area contributed by atoms with Crippen LogP contribution in [0, 0.1) is 0 Å². The van der Waals surface area contributed by atoms with Gasteiger partial charge in [0.2, 0.25) is 11.8 Å². The topological polar surface area (TPSA) is 96.0 Å². The number of carbonyl (C=O) groups excluding carboxylic acids is 2. The first-order valence-electron chi connectivity index (χ1n) is 14.3. The molecule has 1 atom stereocenters. The molecule has 0 saturated carbocycles. The number of hydrogen-bond donors (Lipinski definition) is 1. The molecule has 4 aromatic rings. The molecule has 45 heavy (non-hydrogen) atoms. The zero-order valence-electron chi connectivity index (χ0n) is 25.2. The van der Waals surface area contributed by atoms with Gasteiger partial charge >= 0.3 is 0 Å². The van der Waals surface area contributed by atoms with Gasteiger partial charge in [0.05, 0.1) is 17.7 Å². The lowest BCUT2D eigenvalue weighted by Gasteiger charge is -2.34. The number of sulfonamides is 1. The number of hydrogen-bond acceptors (Lipinski definition) is 5. The molecular formula is C34H35Cl2N3O5S. The van der Waals surface area contributed by atoms with E-state index in [-0.39, 0.29) is 35.5 Å². The molecular weight excluding hydrogens is 633 g/mol. The number of carbonyl (C=O) groups is 2. The third-order valence-electron chi connectivity index (χ3n) is 6.97. The number of methoxy groups -OCH3 is 1. The molecule has 0 saturated heterocycles. The van der Waals surface area contributed by atoms with E-state index in [2.05, 4.69) is 5.32 Å². The minimum atomic E-state index is -4.28. The summed E-state index contributed by atoms with van der Waals surface area (Å²) in [6.45, 7) is 3.09. The number of halogens is 2. The van der Waals surface area contributed by atoms with Gasteiger partial charge in [-0.25, -0.2) is 8.42 Å². The molecule has 236 valence electrons. The highest BCUT2D eigenvalue weighted by Crippen LogP contribution is 2.28. The number of benzene rings is 4. The Morgan fingerprint density at radius 2 is 1.49 bits per heavy atom. The summed E-state index contributed by atoms with van der Waals surface area (Å²) < 4.78 is 34.5. The fraction of sp³-hybridized carbons (Fsp3) is 0.235. The SMILES string of the molecule is COc1cccc(CN(C(=O)CN(c2cccc(Cl)c2)S(=O)(=O)c2ccc(Cl)cc2)C(Cc2ccccc2)C(=O)NC(C)C)c1. The van der Waals surface area contributed by atoms with Crippen LogP contribution in [0.2, 0.25) is 10.0 Å². The van der Waals surface area contributed by atoms with E-state index in [1.807, 2.05) is 50.2 Å². The molecule has 0 radical (unpaired) electrons. The third-order valence-corrected chi connectivity index (χ3v) is 9.24. The number of nitrogens with zero attached hydrogens (tertiary/aromatic N) is 2. The van der Waals surface area contributed by atoms with E-state index < -0.39 is 28.5 Å². The second kappa shape index (κ2) is 15.3. The van der Waals surface area contributed by atoms with Crippen LogP contribution in [0.3, 0.4) is 0 Å². The molecule has 0 aliphatic carbocycles. The Morgan fingerprint density at radius 1 is 0.822 bits per heavy atom. The maximum Gasteiger partial charge on any atom is 0.264 e. The first kappa shape index (κ1) is 33.8. The van der Waals surface area contributed by atoms with Gasteiger partial charge in [-0.2, -0.15) is 0 Å². The van der Waals surface area contributed by atoms with E-state index in [0.717, 1.165) is 9.87 Å². The van der Waals surface area contributed by atoms with Crippen LogP contribution in [0.25, 0.3) is 0 Å². The Labute approximate surface area is 274 Å². The van der Waals surface area contributed by atoms with E-state index in [9.17, 15) is 18.0 Å². The van der Waals surface area contributed by atoms with Gasteiger partial charge in [0.1, 0.15) is 18.3 Å². The van der Waals surface area contributed by atoms with Gasteiger partial charge in [-0.3, -0.25) is 13.9 Å². The summed E-state index contributed by atoms with van der Waals surface area (Å²) >= 11 is 12.3. The molecule has 0 heterocycles. The Bertz CT molecular complexity index is 1720. The van der Waals surface area contributed by atoms with Gasteiger partial charge in [0, 0.05) is 29.1 Å². The minimum Gasteiger partial charge on any atom is -0.497 e. The van der Waals surface area contributed by atoms with Gasteiger partial charge < -0.3 is 15.0 Å². The van der Waals surface area contributed by atoms with Crippen molar-refractivity contribution in [3.05, 3.63) is 124 Å². The molecule has 0 aliphatic rings. The van der Waals surface area contributed by atoms with Crippen LogP contribution in [0.4, 0.5) is 5.69 Å². The second-order valence-electron chi connectivity index (χ2n) is 10.7. The molecule has 11 heteroatoms. The number of amides is 2. The van der Waals surface area contributed by atoms with Crippen LogP contribution in [0.15, 0.2) is 108 Å². The summed E-state index contributed by atoms with van der Waals surface area (Å²) in [6.07, 6.45) is 0.205. The normalized spacial score (nSPS) is 12.0. The fourth-order valence-corrected chi connectivity index (χ4v) is 6.51. The molecule has 4 rings (SSSR count). The largest absolute Gasteiger partial charge is 0.497 e. The minimum absolute atomic E-state index is 0.0173. The molecule has 0 aliphatic heterocycles. The van der Waals surface area contributed by atoms with Crippen molar-refractivity contribution in [3.8, 4) is 5.75 Å². The molecule has 0 fully saturated rings. The Balaban J connectivity index is 1.82. The summed E-state index contributed by atoms with van der Waals surface area (Å²) in [7, 11) is -2.73. The predicted octanol–water partition coefficient (Wildman–Crippen LogP) is 6.36. The van der Waals surface area contributed by atoms with E-state index in [4.69, 9.17) is 27.9 Å². The summed E-state index contributed by atoms with van der Waals surface area (Å²) in [5, 5.41) is 3.60. The monoisotopic (exact) mass is 667 g/mol. The van der Waals surface area contributed by atoms with Crippen LogP contribution >= 0.6 is 23.2 Å². The number of ether oxygens (including phenoxy) is 1. The zero-order valence-corrected chi connectivity index (χ0v) is 27.5. The molecule has 2 amide bonds. The number of nitrogens with one attached hydrogen (secondary N) is 1. The van der Waals surface area contributed by atoms with E-state index >= 15 is 0 Å². The predicted molar refractivity (Wildman–Crippen MR) is 178 cm³/mol. The maximum atomic E-state index is 14.5. The van der Waals surface area contributed by atoms with Crippen molar-refractivity contribution in [2.45, 2.75) is 43.8 Å². The molecule has 1 N–H and O–H groups in total. The van der Waals surface area contributed by atoms with Gasteiger partial charge in [-0.15, -0.1) is 0 Å². The molecule has 8 nitrogen and oxygen atoms in total. The summed E-state index contributed by atoms with van der Waals surface area (Å²) in [6, 6.07) is 27.3. The van der Waals surface area contributed by atoms with Crippen LogP contribution in [-0.4, -0.2) is 50.9 Å². The molecule has 1 unspecified atom stereocenters. The second-order valence-corrected chi connectivity index (χ2v) is 13.4. The van der Waals surface area contributed by atoms with Crippen molar-refractivity contribution in [1.82, 2.24) is 10.2 Å². The van der Waals surface area contributed by atoms with Crippen molar-refractivity contribution in [2.24, 2.45) is 0 Å². The van der Waals surface area contributed by atoms with Crippen molar-refractivity contribution < 1.29 is 22.7 Å². The van der Waals surface area contributed by atoms with Gasteiger partial charge in [-0.1, -0.05) is 71.7 Å². The van der Waals surface area contributed by atoms with Crippen molar-refractivity contribution in [3.63, 3.8) is 0 Å². The lowest BCUT2D eigenvalue weighted by atomic mass is 10.0. The Kier molecular flexibility index (Phi) is 11.5. The highest BCUT2D eigenvalue weighted by molar-refractivity contribution is 7.92. The van der Waals surface area contributed by atoms with E-state index in [1.165, 1.54) is 35.2 Å². The zero-order chi connectivity index (χ0) is 32.6. The Hall–Kier alpha value is -4.05. The third kappa shape index (κ3) is 9.00. The summed E-state index contributed by atoms with van der Waals surface area (Å²) in [4.78, 5) is 29.6. The standard InChI is InChI=1S/C34H35Cl2N3O5S/c1-24(2)37-34(41)32(20-25-9-5-4-6-10-25)38(22-26-11-7-14-30(19-26)44-3)33(40)23-39(29-13-8-12-28(36)21-29)45(42,43)31-17-15-27(35)16-18-31/h4-19,21,24,32H,20,22-23H2,1-3H3,(H,37,41). The van der Waals surface area contributed by atoms with Crippen molar-refractivity contribution >= 4 is 50.7 Å². The maximum absolute atomic E-state index is 14.5. The highest BCUT2D eigenvalue weighted by atomic mass is 35.5. The molecule has 0 spiro atoms. The first-order valence-corrected chi connectivity index (χ1v) is 16.5. The quantitative estimate of drug-likeness (QED) is 0.179. The highest BCUT2D eigenvalue weighted by Gasteiger charge is 2.35. The van der Waals surface area contributed by atoms with E-state index in [0.29, 0.717) is 21.4 Å². The van der Waals surface area contributed by atoms with Gasteiger partial charge in [-0.05, 0) is 79.6 Å². The fourth-order valence-electron chi connectivity index (χ4n) is 4.80. The lowest BCUT2D eigenvalue weighted by Crippen LogP contribution is -2.54. The smallest absolute Gasteiger partial charge is 0.264 e. The first-order chi connectivity index (χ1) is 21.5. The average molecular weight is 669 g/mol. The van der Waals surface area contributed by atoms with Gasteiger partial charge in [0.25, 0.3) is 10.0 Å². The van der Waals surface area contributed by atoms with Crippen molar-refractivity contribution in [1.29, 1.82) is 0 Å². The average Bonchev–Trinajstić information content (AvgIpc) is 3.01. The van der Waals surface area contributed by atoms with E-state index in [1.54, 1.807) is 43.5 Å².